The highest BCUT2D eigenvalue weighted by molar-refractivity contribution is 7.92. The van der Waals surface area contributed by atoms with Gasteiger partial charge in [0.2, 0.25) is 10.0 Å². The lowest BCUT2D eigenvalue weighted by atomic mass is 10.2. The van der Waals surface area contributed by atoms with Crippen molar-refractivity contribution in [1.82, 2.24) is 0 Å². The van der Waals surface area contributed by atoms with Crippen LogP contribution in [0.3, 0.4) is 0 Å². The number of benzene rings is 2. The van der Waals surface area contributed by atoms with Gasteiger partial charge in [0.05, 0.1) is 11.9 Å². The molecule has 1 aliphatic rings. The summed E-state index contributed by atoms with van der Waals surface area (Å²) in [5.41, 5.74) is 0.852. The van der Waals surface area contributed by atoms with Gasteiger partial charge in [-0.05, 0) is 30.3 Å². The standard InChI is InChI=1S/C17H16Cl2N2O4S/c1-26(23,24)21-7-6-16(25-15-5-3-2-4-14(15)21)17(22)20-13-9-11(18)8-12(19)10-13/h2-5,8-10,16H,6-7H2,1H3,(H,20,22)/t16-/m1/s1. The number of carbonyl (C=O) groups excluding carboxylic acids is 1. The SMILES string of the molecule is CS(=O)(=O)N1CC[C@H](C(=O)Nc2cc(Cl)cc(Cl)c2)Oc2ccccc21. The summed E-state index contributed by atoms with van der Waals surface area (Å²) in [5.74, 6) is -0.0758. The molecule has 0 fully saturated rings. The zero-order chi connectivity index (χ0) is 18.9. The van der Waals surface area contributed by atoms with Crippen molar-refractivity contribution >= 4 is 50.5 Å². The molecule has 0 unspecified atom stereocenters. The van der Waals surface area contributed by atoms with E-state index in [0.29, 0.717) is 27.2 Å². The highest BCUT2D eigenvalue weighted by Gasteiger charge is 2.31. The molecule has 2 aromatic carbocycles. The summed E-state index contributed by atoms with van der Waals surface area (Å²) in [6.07, 6.45) is 0.459. The van der Waals surface area contributed by atoms with Crippen molar-refractivity contribution in [3.8, 4) is 5.75 Å². The summed E-state index contributed by atoms with van der Waals surface area (Å²) >= 11 is 11.9. The van der Waals surface area contributed by atoms with Crippen LogP contribution in [0, 0.1) is 0 Å². The van der Waals surface area contributed by atoms with Gasteiger partial charge in [-0.3, -0.25) is 9.10 Å². The van der Waals surface area contributed by atoms with E-state index < -0.39 is 22.0 Å². The lowest BCUT2D eigenvalue weighted by molar-refractivity contribution is -0.122. The molecule has 1 N–H and O–H groups in total. The molecular weight excluding hydrogens is 399 g/mol. The Morgan fingerprint density at radius 3 is 2.50 bits per heavy atom. The van der Waals surface area contributed by atoms with Crippen LogP contribution in [0.4, 0.5) is 11.4 Å². The Kier molecular flexibility index (Phi) is 5.32. The Morgan fingerprint density at radius 1 is 1.19 bits per heavy atom. The normalized spacial score (nSPS) is 17.0. The van der Waals surface area contributed by atoms with Gasteiger partial charge in [0.1, 0.15) is 5.75 Å². The molecule has 0 radical (unpaired) electrons. The fourth-order valence-corrected chi connectivity index (χ4v) is 4.18. The maximum absolute atomic E-state index is 12.6. The summed E-state index contributed by atoms with van der Waals surface area (Å²) < 4.78 is 31.2. The number of halogens is 2. The Bertz CT molecular complexity index is 929. The summed E-state index contributed by atoms with van der Waals surface area (Å²) in [4.78, 5) is 12.6. The largest absolute Gasteiger partial charge is 0.478 e. The van der Waals surface area contributed by atoms with E-state index in [2.05, 4.69) is 5.32 Å². The van der Waals surface area contributed by atoms with E-state index in [1.54, 1.807) is 42.5 Å². The second-order valence-electron chi connectivity index (χ2n) is 5.85. The second-order valence-corrected chi connectivity index (χ2v) is 8.63. The average Bonchev–Trinajstić information content (AvgIpc) is 2.73. The van der Waals surface area contributed by atoms with Crippen LogP contribution in [0.5, 0.6) is 5.75 Å². The number of nitrogens with one attached hydrogen (secondary N) is 1. The Morgan fingerprint density at radius 2 is 1.85 bits per heavy atom. The van der Waals surface area contributed by atoms with Gasteiger partial charge < -0.3 is 10.1 Å². The van der Waals surface area contributed by atoms with Gasteiger partial charge >= 0.3 is 0 Å². The third kappa shape index (κ3) is 4.23. The van der Waals surface area contributed by atoms with E-state index in [4.69, 9.17) is 27.9 Å². The van der Waals surface area contributed by atoms with Crippen molar-refractivity contribution < 1.29 is 17.9 Å². The first kappa shape index (κ1) is 18.8. The quantitative estimate of drug-likeness (QED) is 0.832. The number of anilines is 2. The van der Waals surface area contributed by atoms with Crippen LogP contribution in [-0.2, 0) is 14.8 Å². The van der Waals surface area contributed by atoms with Gasteiger partial charge in [-0.2, -0.15) is 0 Å². The Hall–Kier alpha value is -1.96. The lowest BCUT2D eigenvalue weighted by Crippen LogP contribution is -2.35. The number of hydrogen-bond donors (Lipinski definition) is 1. The molecule has 0 aliphatic carbocycles. The zero-order valence-electron chi connectivity index (χ0n) is 13.8. The van der Waals surface area contributed by atoms with Crippen LogP contribution < -0.4 is 14.4 Å². The van der Waals surface area contributed by atoms with Crippen LogP contribution in [0.2, 0.25) is 10.0 Å². The maximum atomic E-state index is 12.6. The first-order chi connectivity index (χ1) is 12.2. The fourth-order valence-electron chi connectivity index (χ4n) is 2.71. The third-order valence-corrected chi connectivity index (χ3v) is 5.44. The lowest BCUT2D eigenvalue weighted by Gasteiger charge is -2.20. The number of hydrogen-bond acceptors (Lipinski definition) is 4. The number of nitrogens with zero attached hydrogens (tertiary/aromatic N) is 1. The highest BCUT2D eigenvalue weighted by atomic mass is 35.5. The van der Waals surface area contributed by atoms with Gasteiger partial charge in [0, 0.05) is 28.7 Å². The first-order valence-electron chi connectivity index (χ1n) is 7.74. The molecule has 0 aromatic heterocycles. The molecule has 1 atom stereocenters. The molecule has 6 nitrogen and oxygen atoms in total. The number of fused-ring (bicyclic) bond motifs is 1. The van der Waals surface area contributed by atoms with Gasteiger partial charge in [-0.25, -0.2) is 8.42 Å². The number of para-hydroxylation sites is 2. The third-order valence-electron chi connectivity index (χ3n) is 3.82. The van der Waals surface area contributed by atoms with Crippen LogP contribution in [0.1, 0.15) is 6.42 Å². The monoisotopic (exact) mass is 414 g/mol. The predicted molar refractivity (Wildman–Crippen MR) is 103 cm³/mol. The van der Waals surface area contributed by atoms with Crippen LogP contribution in [0.15, 0.2) is 42.5 Å². The van der Waals surface area contributed by atoms with E-state index in [9.17, 15) is 13.2 Å². The predicted octanol–water partition coefficient (Wildman–Crippen LogP) is 3.55. The Labute approximate surface area is 161 Å². The molecule has 3 rings (SSSR count). The molecular formula is C17H16Cl2N2O4S. The molecule has 9 heteroatoms. The molecule has 1 aliphatic heterocycles. The van der Waals surface area contributed by atoms with Crippen molar-refractivity contribution in [3.05, 3.63) is 52.5 Å². The van der Waals surface area contributed by atoms with Crippen molar-refractivity contribution in [2.45, 2.75) is 12.5 Å². The summed E-state index contributed by atoms with van der Waals surface area (Å²) in [7, 11) is -3.50. The van der Waals surface area contributed by atoms with Gasteiger partial charge in [0.25, 0.3) is 5.91 Å². The Balaban J connectivity index is 1.85. The van der Waals surface area contributed by atoms with E-state index in [1.807, 2.05) is 0 Å². The van der Waals surface area contributed by atoms with Crippen molar-refractivity contribution in [2.24, 2.45) is 0 Å². The zero-order valence-corrected chi connectivity index (χ0v) is 16.1. The number of carbonyl (C=O) groups is 1. The first-order valence-corrected chi connectivity index (χ1v) is 10.3. The van der Waals surface area contributed by atoms with Crippen LogP contribution in [-0.4, -0.2) is 33.2 Å². The highest BCUT2D eigenvalue weighted by Crippen LogP contribution is 2.34. The summed E-state index contributed by atoms with van der Waals surface area (Å²) in [5, 5.41) is 3.49. The number of sulfonamides is 1. The molecule has 0 saturated heterocycles. The molecule has 0 saturated carbocycles. The minimum absolute atomic E-state index is 0.129. The second kappa shape index (κ2) is 7.34. The van der Waals surface area contributed by atoms with Crippen LogP contribution >= 0.6 is 23.2 Å². The van der Waals surface area contributed by atoms with Gasteiger partial charge in [-0.15, -0.1) is 0 Å². The summed E-state index contributed by atoms with van der Waals surface area (Å²) in [6.45, 7) is 0.129. The van der Waals surface area contributed by atoms with Crippen LogP contribution in [0.25, 0.3) is 0 Å². The molecule has 2 aromatic rings. The summed E-state index contributed by atoms with van der Waals surface area (Å²) in [6, 6.07) is 11.4. The average molecular weight is 415 g/mol. The number of rotatable bonds is 3. The molecule has 1 amide bonds. The minimum Gasteiger partial charge on any atom is -0.478 e. The topological polar surface area (TPSA) is 75.7 Å². The molecule has 0 bridgehead atoms. The fraction of sp³-hybridized carbons (Fsp3) is 0.235. The molecule has 26 heavy (non-hydrogen) atoms. The van der Waals surface area contributed by atoms with E-state index in [0.717, 1.165) is 6.26 Å². The van der Waals surface area contributed by atoms with Crippen molar-refractivity contribution in [3.63, 3.8) is 0 Å². The molecule has 138 valence electrons. The number of amides is 1. The van der Waals surface area contributed by atoms with Gasteiger partial charge in [0.15, 0.2) is 6.10 Å². The van der Waals surface area contributed by atoms with Crippen molar-refractivity contribution in [2.75, 3.05) is 22.4 Å². The molecule has 0 spiro atoms. The van der Waals surface area contributed by atoms with E-state index >= 15 is 0 Å². The van der Waals surface area contributed by atoms with E-state index in [-0.39, 0.29) is 13.0 Å². The minimum atomic E-state index is -3.50. The number of ether oxygens (including phenoxy) is 1. The smallest absolute Gasteiger partial charge is 0.265 e. The molecule has 1 heterocycles. The van der Waals surface area contributed by atoms with Crippen molar-refractivity contribution in [1.29, 1.82) is 0 Å². The van der Waals surface area contributed by atoms with Gasteiger partial charge in [-0.1, -0.05) is 35.3 Å². The maximum Gasteiger partial charge on any atom is 0.265 e. The van der Waals surface area contributed by atoms with E-state index in [1.165, 1.54) is 4.31 Å².